The molecule has 0 N–H and O–H groups in total. The lowest BCUT2D eigenvalue weighted by Crippen LogP contribution is -2.31. The standard InChI is InChI=1S/C18H17N3O7.CH4/c1-27-15-2-4-16(5-3-15)28-17-6-7-19(11-17)18(22)12-8-13(20(23)24)10-14(9-12)21(25)26;/h2-5,8-10,17H,6-7,11H2,1H3;1H4/t17-;/m0./s1. The summed E-state index contributed by atoms with van der Waals surface area (Å²) in [4.78, 5) is 34.6. The zero-order valence-electron chi connectivity index (χ0n) is 14.9. The monoisotopic (exact) mass is 403 g/mol. The van der Waals surface area contributed by atoms with Crippen LogP contribution >= 0.6 is 0 Å². The van der Waals surface area contributed by atoms with Crippen molar-refractivity contribution >= 4 is 17.3 Å². The second-order valence-corrected chi connectivity index (χ2v) is 6.21. The van der Waals surface area contributed by atoms with Gasteiger partial charge in [-0.3, -0.25) is 25.0 Å². The molecule has 2 aromatic carbocycles. The number of nitro groups is 2. The van der Waals surface area contributed by atoms with E-state index in [9.17, 15) is 25.0 Å². The van der Waals surface area contributed by atoms with Crippen LogP contribution in [-0.2, 0) is 0 Å². The molecule has 10 nitrogen and oxygen atoms in total. The van der Waals surface area contributed by atoms with E-state index in [1.807, 2.05) is 0 Å². The molecule has 1 saturated heterocycles. The van der Waals surface area contributed by atoms with Crippen LogP contribution in [0.5, 0.6) is 11.5 Å². The number of nitrogens with zero attached hydrogens (tertiary/aromatic N) is 3. The van der Waals surface area contributed by atoms with Crippen LogP contribution in [0.4, 0.5) is 11.4 Å². The highest BCUT2D eigenvalue weighted by molar-refractivity contribution is 5.95. The molecular weight excluding hydrogens is 382 g/mol. The molecule has 10 heteroatoms. The highest BCUT2D eigenvalue weighted by Crippen LogP contribution is 2.26. The van der Waals surface area contributed by atoms with Crippen LogP contribution in [0.2, 0.25) is 0 Å². The van der Waals surface area contributed by atoms with E-state index >= 15 is 0 Å². The number of likely N-dealkylation sites (tertiary alicyclic amines) is 1. The minimum atomic E-state index is -0.761. The fraction of sp³-hybridized carbons (Fsp3) is 0.316. The van der Waals surface area contributed by atoms with E-state index in [0.717, 1.165) is 18.2 Å². The van der Waals surface area contributed by atoms with Crippen molar-refractivity contribution in [1.82, 2.24) is 4.90 Å². The SMILES string of the molecule is C.COc1ccc(O[C@H]2CCN(C(=O)c3cc([N+](=O)[O-])cc([N+](=O)[O-])c3)C2)cc1. The Hall–Kier alpha value is -3.69. The summed E-state index contributed by atoms with van der Waals surface area (Å²) >= 11 is 0. The zero-order valence-corrected chi connectivity index (χ0v) is 14.9. The van der Waals surface area contributed by atoms with Gasteiger partial charge >= 0.3 is 0 Å². The predicted octanol–water partition coefficient (Wildman–Crippen LogP) is 3.44. The second-order valence-electron chi connectivity index (χ2n) is 6.21. The fourth-order valence-corrected chi connectivity index (χ4v) is 2.97. The maximum absolute atomic E-state index is 12.7. The van der Waals surface area contributed by atoms with Crippen LogP contribution in [0.25, 0.3) is 0 Å². The second kappa shape index (κ2) is 9.00. The van der Waals surface area contributed by atoms with E-state index in [2.05, 4.69) is 0 Å². The van der Waals surface area contributed by atoms with E-state index in [1.165, 1.54) is 4.90 Å². The number of nitro benzene ring substituents is 2. The molecule has 2 aromatic rings. The smallest absolute Gasteiger partial charge is 0.277 e. The van der Waals surface area contributed by atoms with Gasteiger partial charge in [0.25, 0.3) is 17.3 Å². The summed E-state index contributed by atoms with van der Waals surface area (Å²) in [7, 11) is 1.56. The Morgan fingerprint density at radius 2 is 1.59 bits per heavy atom. The van der Waals surface area contributed by atoms with Gasteiger partial charge in [0.2, 0.25) is 0 Å². The van der Waals surface area contributed by atoms with Gasteiger partial charge in [0.1, 0.15) is 17.6 Å². The quantitative estimate of drug-likeness (QED) is 0.534. The van der Waals surface area contributed by atoms with Gasteiger partial charge in [0.15, 0.2) is 0 Å². The molecule has 0 radical (unpaired) electrons. The predicted molar refractivity (Wildman–Crippen MR) is 104 cm³/mol. The molecule has 1 amide bonds. The normalized spacial score (nSPS) is 15.3. The number of non-ortho nitro benzene ring substituents is 2. The van der Waals surface area contributed by atoms with Gasteiger partial charge in [-0.2, -0.15) is 0 Å². The molecule has 0 spiro atoms. The van der Waals surface area contributed by atoms with Gasteiger partial charge in [-0.1, -0.05) is 7.43 Å². The van der Waals surface area contributed by atoms with Crippen molar-refractivity contribution in [1.29, 1.82) is 0 Å². The van der Waals surface area contributed by atoms with E-state index in [1.54, 1.807) is 31.4 Å². The third-order valence-corrected chi connectivity index (χ3v) is 4.37. The Morgan fingerprint density at radius 3 is 2.10 bits per heavy atom. The van der Waals surface area contributed by atoms with Gasteiger partial charge in [-0.15, -0.1) is 0 Å². The van der Waals surface area contributed by atoms with Gasteiger partial charge in [0, 0.05) is 25.1 Å². The van der Waals surface area contributed by atoms with Gasteiger partial charge < -0.3 is 14.4 Å². The van der Waals surface area contributed by atoms with Crippen molar-refractivity contribution in [2.45, 2.75) is 20.0 Å². The van der Waals surface area contributed by atoms with Crippen molar-refractivity contribution in [3.8, 4) is 11.5 Å². The summed E-state index contributed by atoms with van der Waals surface area (Å²) in [5.41, 5.74) is -1.09. The first-order chi connectivity index (χ1) is 13.4. The van der Waals surface area contributed by atoms with E-state index in [0.29, 0.717) is 24.5 Å². The number of benzene rings is 2. The average Bonchev–Trinajstić information content (AvgIpc) is 3.16. The van der Waals surface area contributed by atoms with E-state index in [-0.39, 0.29) is 25.6 Å². The van der Waals surface area contributed by atoms with Crippen molar-refractivity contribution in [3.05, 3.63) is 68.3 Å². The Bertz CT molecular complexity index is 882. The summed E-state index contributed by atoms with van der Waals surface area (Å²) in [5, 5.41) is 22.0. The van der Waals surface area contributed by atoms with Crippen LogP contribution in [-0.4, -0.2) is 47.0 Å². The summed E-state index contributed by atoms with van der Waals surface area (Å²) in [5.74, 6) is 0.821. The molecule has 0 aliphatic carbocycles. The third kappa shape index (κ3) is 4.98. The van der Waals surface area contributed by atoms with Crippen LogP contribution in [0.3, 0.4) is 0 Å². The minimum absolute atomic E-state index is 0. The molecule has 1 fully saturated rings. The van der Waals surface area contributed by atoms with Crippen molar-refractivity contribution < 1.29 is 24.1 Å². The molecule has 0 bridgehead atoms. The molecule has 1 aliphatic rings. The van der Waals surface area contributed by atoms with Gasteiger partial charge in [-0.25, -0.2) is 0 Å². The van der Waals surface area contributed by atoms with Gasteiger partial charge in [-0.05, 0) is 24.3 Å². The van der Waals surface area contributed by atoms with Crippen molar-refractivity contribution in [3.63, 3.8) is 0 Å². The maximum atomic E-state index is 12.7. The lowest BCUT2D eigenvalue weighted by molar-refractivity contribution is -0.394. The van der Waals surface area contributed by atoms with Crippen LogP contribution < -0.4 is 9.47 Å². The largest absolute Gasteiger partial charge is 0.497 e. The molecule has 29 heavy (non-hydrogen) atoms. The number of methoxy groups -OCH3 is 1. The van der Waals surface area contributed by atoms with E-state index < -0.39 is 27.1 Å². The summed E-state index contributed by atoms with van der Waals surface area (Å²) in [6.07, 6.45) is 0.334. The Kier molecular flexibility index (Phi) is 6.71. The van der Waals surface area contributed by atoms with Gasteiger partial charge in [0.05, 0.1) is 35.1 Å². The highest BCUT2D eigenvalue weighted by atomic mass is 16.6. The first-order valence-electron chi connectivity index (χ1n) is 8.41. The topological polar surface area (TPSA) is 125 Å². The van der Waals surface area contributed by atoms with Crippen molar-refractivity contribution in [2.75, 3.05) is 20.2 Å². The number of hydrogen-bond donors (Lipinski definition) is 0. The molecular formula is C19H21N3O7. The number of amides is 1. The fourth-order valence-electron chi connectivity index (χ4n) is 2.97. The molecule has 1 heterocycles. The lowest BCUT2D eigenvalue weighted by Gasteiger charge is -2.17. The number of carbonyl (C=O) groups excluding carboxylic acids is 1. The van der Waals surface area contributed by atoms with Crippen LogP contribution in [0.1, 0.15) is 24.2 Å². The minimum Gasteiger partial charge on any atom is -0.497 e. The lowest BCUT2D eigenvalue weighted by atomic mass is 10.1. The van der Waals surface area contributed by atoms with Crippen LogP contribution in [0.15, 0.2) is 42.5 Å². The number of rotatable bonds is 6. The van der Waals surface area contributed by atoms with E-state index in [4.69, 9.17) is 9.47 Å². The molecule has 1 aliphatic heterocycles. The molecule has 1 atom stereocenters. The molecule has 154 valence electrons. The van der Waals surface area contributed by atoms with Crippen molar-refractivity contribution in [2.24, 2.45) is 0 Å². The number of carbonyl (C=O) groups is 1. The zero-order chi connectivity index (χ0) is 20.3. The Balaban J connectivity index is 0.00000300. The Morgan fingerprint density at radius 1 is 1.03 bits per heavy atom. The molecule has 3 rings (SSSR count). The summed E-state index contributed by atoms with van der Waals surface area (Å²) < 4.78 is 10.9. The summed E-state index contributed by atoms with van der Waals surface area (Å²) in [6.45, 7) is 0.664. The molecule has 0 unspecified atom stereocenters. The average molecular weight is 403 g/mol. The van der Waals surface area contributed by atoms with Crippen LogP contribution in [0, 0.1) is 20.2 Å². The highest BCUT2D eigenvalue weighted by Gasteiger charge is 2.30. The first-order valence-corrected chi connectivity index (χ1v) is 8.41. The first kappa shape index (κ1) is 21.6. The molecule has 0 saturated carbocycles. The number of ether oxygens (including phenoxy) is 2. The Labute approximate surface area is 166 Å². The summed E-state index contributed by atoms with van der Waals surface area (Å²) in [6, 6.07) is 9.96. The third-order valence-electron chi connectivity index (χ3n) is 4.37. The maximum Gasteiger partial charge on any atom is 0.277 e. The number of hydrogen-bond acceptors (Lipinski definition) is 7. The molecule has 0 aromatic heterocycles.